The molecule has 0 bridgehead atoms. The second-order valence-electron chi connectivity index (χ2n) is 7.31. The van der Waals surface area contributed by atoms with E-state index in [2.05, 4.69) is 53.2 Å². The molecule has 4 aromatic rings. The maximum absolute atomic E-state index is 12.9. The second kappa shape index (κ2) is 8.00. The fourth-order valence-corrected chi connectivity index (χ4v) is 3.87. The van der Waals surface area contributed by atoms with Crippen LogP contribution in [0.5, 0.6) is 5.75 Å². The molecule has 1 heterocycles. The summed E-state index contributed by atoms with van der Waals surface area (Å²) in [7, 11) is 0. The van der Waals surface area contributed by atoms with Crippen LogP contribution in [0.25, 0.3) is 21.8 Å². The summed E-state index contributed by atoms with van der Waals surface area (Å²) in [6.45, 7) is 7.02. The third-order valence-corrected chi connectivity index (χ3v) is 5.29. The number of amides is 1. The van der Waals surface area contributed by atoms with Crippen LogP contribution >= 0.6 is 0 Å². The summed E-state index contributed by atoms with van der Waals surface area (Å²) in [5.74, 6) is 0.584. The average molecular weight is 386 g/mol. The quantitative estimate of drug-likeness (QED) is 0.447. The molecule has 4 nitrogen and oxygen atoms in total. The zero-order chi connectivity index (χ0) is 20.4. The summed E-state index contributed by atoms with van der Waals surface area (Å²) in [4.78, 5) is 12.9. The molecule has 3 aromatic carbocycles. The molecular formula is C25H26N2O2. The predicted octanol–water partition coefficient (Wildman–Crippen LogP) is 5.92. The molecule has 0 aliphatic heterocycles. The van der Waals surface area contributed by atoms with Crippen LogP contribution in [-0.2, 0) is 11.3 Å². The number of nitrogens with one attached hydrogen (secondary N) is 1. The zero-order valence-electron chi connectivity index (χ0n) is 17.1. The molecule has 4 heteroatoms. The van der Waals surface area contributed by atoms with Crippen molar-refractivity contribution in [1.82, 2.24) is 4.57 Å². The number of carbonyl (C=O) groups is 1. The number of hydrogen-bond acceptors (Lipinski definition) is 2. The Morgan fingerprint density at radius 2 is 1.76 bits per heavy atom. The van der Waals surface area contributed by atoms with Crippen LogP contribution in [0.3, 0.4) is 0 Å². The average Bonchev–Trinajstić information content (AvgIpc) is 3.05. The number of rotatable bonds is 6. The van der Waals surface area contributed by atoms with E-state index in [0.717, 1.165) is 23.2 Å². The highest BCUT2D eigenvalue weighted by Gasteiger charge is 2.19. The highest BCUT2D eigenvalue weighted by molar-refractivity contribution is 6.10. The maximum Gasteiger partial charge on any atom is 0.265 e. The van der Waals surface area contributed by atoms with Gasteiger partial charge in [0.05, 0.1) is 0 Å². The Labute approximate surface area is 171 Å². The number of aryl methyl sites for hydroxylation is 2. The number of para-hydroxylation sites is 1. The molecule has 0 unspecified atom stereocenters. The molecule has 0 aliphatic rings. The maximum atomic E-state index is 12.9. The minimum atomic E-state index is -0.538. The van der Waals surface area contributed by atoms with E-state index in [1.807, 2.05) is 44.2 Å². The monoisotopic (exact) mass is 386 g/mol. The Hall–Kier alpha value is -3.27. The molecule has 4 rings (SSSR count). The van der Waals surface area contributed by atoms with Crippen LogP contribution in [0.1, 0.15) is 25.8 Å². The van der Waals surface area contributed by atoms with Crippen LogP contribution in [0.15, 0.2) is 66.7 Å². The van der Waals surface area contributed by atoms with E-state index in [-0.39, 0.29) is 5.91 Å². The number of anilines is 1. The molecule has 1 aromatic heterocycles. The van der Waals surface area contributed by atoms with E-state index in [1.54, 1.807) is 0 Å². The van der Waals surface area contributed by atoms with Crippen LogP contribution in [0.2, 0.25) is 0 Å². The van der Waals surface area contributed by atoms with Crippen molar-refractivity contribution in [3.8, 4) is 5.75 Å². The molecule has 0 fully saturated rings. The number of carbonyl (C=O) groups excluding carboxylic acids is 1. The smallest absolute Gasteiger partial charge is 0.265 e. The van der Waals surface area contributed by atoms with Crippen molar-refractivity contribution < 1.29 is 9.53 Å². The number of aromatic nitrogens is 1. The van der Waals surface area contributed by atoms with Crippen LogP contribution < -0.4 is 10.1 Å². The lowest BCUT2D eigenvalue weighted by Gasteiger charge is -2.17. The molecular weight excluding hydrogens is 360 g/mol. The van der Waals surface area contributed by atoms with E-state index in [0.29, 0.717) is 12.2 Å². The summed E-state index contributed by atoms with van der Waals surface area (Å²) in [5.41, 5.74) is 4.28. The second-order valence-corrected chi connectivity index (χ2v) is 7.31. The topological polar surface area (TPSA) is 43.3 Å². The molecule has 148 valence electrons. The molecule has 1 amide bonds. The van der Waals surface area contributed by atoms with E-state index in [1.165, 1.54) is 16.4 Å². The number of nitrogens with zero attached hydrogens (tertiary/aromatic N) is 1. The van der Waals surface area contributed by atoms with E-state index in [9.17, 15) is 4.79 Å². The van der Waals surface area contributed by atoms with E-state index >= 15 is 0 Å². The van der Waals surface area contributed by atoms with Gasteiger partial charge in [-0.15, -0.1) is 0 Å². The lowest BCUT2D eigenvalue weighted by Crippen LogP contribution is -2.32. The predicted molar refractivity (Wildman–Crippen MR) is 120 cm³/mol. The van der Waals surface area contributed by atoms with Crippen molar-refractivity contribution in [2.75, 3.05) is 5.32 Å². The van der Waals surface area contributed by atoms with Crippen molar-refractivity contribution in [2.24, 2.45) is 0 Å². The summed E-state index contributed by atoms with van der Waals surface area (Å²) >= 11 is 0. The van der Waals surface area contributed by atoms with Gasteiger partial charge in [-0.1, -0.05) is 37.3 Å². The Kier molecular flexibility index (Phi) is 5.26. The molecule has 0 radical (unpaired) electrons. The first-order valence-electron chi connectivity index (χ1n) is 10.2. The fourth-order valence-electron chi connectivity index (χ4n) is 3.87. The lowest BCUT2D eigenvalue weighted by molar-refractivity contribution is -0.122. The first-order valence-corrected chi connectivity index (χ1v) is 10.2. The van der Waals surface area contributed by atoms with Gasteiger partial charge in [-0.3, -0.25) is 4.79 Å². The van der Waals surface area contributed by atoms with Gasteiger partial charge in [-0.2, -0.15) is 0 Å². The Bertz CT molecular complexity index is 1180. The number of benzene rings is 3. The van der Waals surface area contributed by atoms with Gasteiger partial charge < -0.3 is 14.6 Å². The summed E-state index contributed by atoms with van der Waals surface area (Å²) in [6.07, 6.45) is 0.0569. The van der Waals surface area contributed by atoms with Gasteiger partial charge >= 0.3 is 0 Å². The largest absolute Gasteiger partial charge is 0.481 e. The van der Waals surface area contributed by atoms with Crippen LogP contribution in [0.4, 0.5) is 5.69 Å². The first kappa shape index (κ1) is 19.1. The van der Waals surface area contributed by atoms with Gasteiger partial charge in [0.2, 0.25) is 0 Å². The molecule has 0 saturated heterocycles. The van der Waals surface area contributed by atoms with Gasteiger partial charge in [0.25, 0.3) is 5.91 Å². The molecule has 1 N–H and O–H groups in total. The summed E-state index contributed by atoms with van der Waals surface area (Å²) < 4.78 is 8.24. The minimum Gasteiger partial charge on any atom is -0.481 e. The highest BCUT2D eigenvalue weighted by Crippen LogP contribution is 2.31. The Balaban J connectivity index is 1.61. The van der Waals surface area contributed by atoms with Crippen LogP contribution in [-0.4, -0.2) is 16.6 Å². The van der Waals surface area contributed by atoms with Crippen molar-refractivity contribution in [2.45, 2.75) is 39.8 Å². The Morgan fingerprint density at radius 1 is 0.966 bits per heavy atom. The van der Waals surface area contributed by atoms with E-state index < -0.39 is 6.10 Å². The SMILES string of the molecule is CC[C@@H](Oc1cccc(C)c1)C(=O)Nc1ccc2c(c1)c1ccccc1n2CC. The zero-order valence-corrected chi connectivity index (χ0v) is 17.1. The van der Waals surface area contributed by atoms with Crippen LogP contribution in [0, 0.1) is 6.92 Å². The van der Waals surface area contributed by atoms with Gasteiger partial charge in [-0.05, 0) is 62.2 Å². The molecule has 0 aliphatic carbocycles. The van der Waals surface area contributed by atoms with Gasteiger partial charge in [0, 0.05) is 34.0 Å². The third-order valence-electron chi connectivity index (χ3n) is 5.29. The molecule has 1 atom stereocenters. The van der Waals surface area contributed by atoms with Crippen molar-refractivity contribution in [3.63, 3.8) is 0 Å². The summed E-state index contributed by atoms with van der Waals surface area (Å²) in [5, 5.41) is 5.38. The minimum absolute atomic E-state index is 0.132. The van der Waals surface area contributed by atoms with Gasteiger partial charge in [0.15, 0.2) is 6.10 Å². The lowest BCUT2D eigenvalue weighted by atomic mass is 10.1. The first-order chi connectivity index (χ1) is 14.1. The third kappa shape index (κ3) is 3.70. The van der Waals surface area contributed by atoms with Crippen molar-refractivity contribution >= 4 is 33.4 Å². The highest BCUT2D eigenvalue weighted by atomic mass is 16.5. The molecule has 0 spiro atoms. The number of ether oxygens (including phenoxy) is 1. The van der Waals surface area contributed by atoms with E-state index in [4.69, 9.17) is 4.74 Å². The normalized spacial score (nSPS) is 12.2. The standard InChI is InChI=1S/C25H26N2O2/c1-4-24(29-19-10-8-9-17(3)15-19)25(28)26-18-13-14-23-21(16-18)20-11-6-7-12-22(20)27(23)5-2/h6-16,24H,4-5H2,1-3H3,(H,26,28)/t24-/m1/s1. The van der Waals surface area contributed by atoms with Gasteiger partial charge in [0.1, 0.15) is 5.75 Å². The van der Waals surface area contributed by atoms with Gasteiger partial charge in [-0.25, -0.2) is 0 Å². The number of fused-ring (bicyclic) bond motifs is 3. The Morgan fingerprint density at radius 3 is 2.52 bits per heavy atom. The fraction of sp³-hybridized carbons (Fsp3) is 0.240. The molecule has 0 saturated carbocycles. The van der Waals surface area contributed by atoms with Crippen molar-refractivity contribution in [1.29, 1.82) is 0 Å². The summed E-state index contributed by atoms with van der Waals surface area (Å²) in [6, 6.07) is 22.3. The number of hydrogen-bond donors (Lipinski definition) is 1. The van der Waals surface area contributed by atoms with Crippen molar-refractivity contribution in [3.05, 3.63) is 72.3 Å². The molecule has 29 heavy (non-hydrogen) atoms.